The van der Waals surface area contributed by atoms with Crippen molar-refractivity contribution in [2.45, 2.75) is 6.42 Å². The molecule has 8 nitrogen and oxygen atoms in total. The second kappa shape index (κ2) is 5.86. The number of amides is 1. The number of benzene rings is 1. The van der Waals surface area contributed by atoms with E-state index in [-0.39, 0.29) is 17.5 Å². The summed E-state index contributed by atoms with van der Waals surface area (Å²) in [6, 6.07) is 6.34. The van der Waals surface area contributed by atoms with Gasteiger partial charge >= 0.3 is 5.97 Å². The number of nitro groups is 1. The van der Waals surface area contributed by atoms with E-state index in [9.17, 15) is 19.7 Å². The second-order valence-electron chi connectivity index (χ2n) is 5.87. The molecule has 2 fully saturated rings. The van der Waals surface area contributed by atoms with Crippen molar-refractivity contribution in [1.29, 1.82) is 0 Å². The molecule has 1 saturated heterocycles. The number of anilines is 1. The van der Waals surface area contributed by atoms with Gasteiger partial charge in [0.25, 0.3) is 5.69 Å². The molecule has 0 spiro atoms. The fourth-order valence-corrected chi connectivity index (χ4v) is 2.95. The van der Waals surface area contributed by atoms with Crippen LogP contribution in [0.25, 0.3) is 0 Å². The number of non-ortho nitro benzene ring substituents is 1. The van der Waals surface area contributed by atoms with Crippen LogP contribution in [0.4, 0.5) is 11.4 Å². The van der Waals surface area contributed by atoms with Gasteiger partial charge in [-0.1, -0.05) is 0 Å². The zero-order valence-electron chi connectivity index (χ0n) is 12.4. The second-order valence-corrected chi connectivity index (χ2v) is 5.87. The highest BCUT2D eigenvalue weighted by Gasteiger charge is 2.50. The van der Waals surface area contributed by atoms with Crippen LogP contribution in [0.5, 0.6) is 0 Å². The lowest BCUT2D eigenvalue weighted by Crippen LogP contribution is -2.49. The first-order chi connectivity index (χ1) is 11.0. The average Bonchev–Trinajstić information content (AvgIpc) is 3.35. The number of hydrogen-bond donors (Lipinski definition) is 1. The molecule has 0 aromatic heterocycles. The van der Waals surface area contributed by atoms with Gasteiger partial charge in [0.1, 0.15) is 0 Å². The number of carboxylic acids is 1. The SMILES string of the molecule is O=C(O)C1CC1C(=O)N1CCN(c2ccc([N+](=O)[O-])cc2)CC1. The maximum Gasteiger partial charge on any atom is 0.307 e. The minimum atomic E-state index is -0.895. The van der Waals surface area contributed by atoms with E-state index in [2.05, 4.69) is 4.90 Å². The number of hydrogen-bond acceptors (Lipinski definition) is 5. The number of carbonyl (C=O) groups is 2. The Labute approximate surface area is 132 Å². The van der Waals surface area contributed by atoms with Gasteiger partial charge in [-0.15, -0.1) is 0 Å². The lowest BCUT2D eigenvalue weighted by molar-refractivity contribution is -0.384. The number of carbonyl (C=O) groups excluding carboxylic acids is 1. The molecule has 122 valence electrons. The molecule has 2 aliphatic rings. The van der Waals surface area contributed by atoms with E-state index in [4.69, 9.17) is 5.11 Å². The molecule has 0 bridgehead atoms. The van der Waals surface area contributed by atoms with Crippen LogP contribution in [-0.2, 0) is 9.59 Å². The minimum absolute atomic E-state index is 0.0519. The maximum absolute atomic E-state index is 12.2. The monoisotopic (exact) mass is 319 g/mol. The van der Waals surface area contributed by atoms with Crippen LogP contribution in [0.2, 0.25) is 0 Å². The predicted molar refractivity (Wildman–Crippen MR) is 81.1 cm³/mol. The first-order valence-electron chi connectivity index (χ1n) is 7.48. The molecular formula is C15H17N3O5. The summed E-state index contributed by atoms with van der Waals surface area (Å²) in [6.07, 6.45) is 0.441. The fraction of sp³-hybridized carbons (Fsp3) is 0.467. The number of piperazine rings is 1. The number of nitrogens with zero attached hydrogens (tertiary/aromatic N) is 3. The molecule has 1 saturated carbocycles. The smallest absolute Gasteiger partial charge is 0.307 e. The number of carboxylic acid groups (broad SMARTS) is 1. The Morgan fingerprint density at radius 1 is 1.09 bits per heavy atom. The Kier molecular flexibility index (Phi) is 3.89. The Hall–Kier alpha value is -2.64. The first-order valence-corrected chi connectivity index (χ1v) is 7.48. The summed E-state index contributed by atoms with van der Waals surface area (Å²) in [7, 11) is 0. The Morgan fingerprint density at radius 2 is 1.70 bits per heavy atom. The molecule has 8 heteroatoms. The van der Waals surface area contributed by atoms with E-state index in [1.54, 1.807) is 17.0 Å². The Bertz CT molecular complexity index is 637. The van der Waals surface area contributed by atoms with Gasteiger partial charge in [0.05, 0.1) is 16.8 Å². The molecule has 2 unspecified atom stereocenters. The maximum atomic E-state index is 12.2. The molecule has 1 aliphatic carbocycles. The van der Waals surface area contributed by atoms with Gasteiger partial charge in [0.15, 0.2) is 0 Å². The van der Waals surface area contributed by atoms with Gasteiger partial charge in [-0.05, 0) is 18.6 Å². The van der Waals surface area contributed by atoms with Gasteiger partial charge in [0.2, 0.25) is 5.91 Å². The zero-order valence-corrected chi connectivity index (χ0v) is 12.4. The minimum Gasteiger partial charge on any atom is -0.481 e. The van der Waals surface area contributed by atoms with Gasteiger partial charge in [-0.2, -0.15) is 0 Å². The summed E-state index contributed by atoms with van der Waals surface area (Å²) in [5, 5.41) is 19.6. The van der Waals surface area contributed by atoms with Gasteiger partial charge < -0.3 is 14.9 Å². The van der Waals surface area contributed by atoms with Crippen molar-refractivity contribution in [3.05, 3.63) is 34.4 Å². The average molecular weight is 319 g/mol. The van der Waals surface area contributed by atoms with Gasteiger partial charge in [-0.25, -0.2) is 0 Å². The van der Waals surface area contributed by atoms with E-state index >= 15 is 0 Å². The molecule has 1 N–H and O–H groups in total. The highest BCUT2D eigenvalue weighted by atomic mass is 16.6. The van der Waals surface area contributed by atoms with E-state index in [1.807, 2.05) is 0 Å². The molecule has 23 heavy (non-hydrogen) atoms. The van der Waals surface area contributed by atoms with Crippen molar-refractivity contribution in [1.82, 2.24) is 4.90 Å². The van der Waals surface area contributed by atoms with E-state index in [0.717, 1.165) is 5.69 Å². The third-order valence-electron chi connectivity index (χ3n) is 4.44. The number of rotatable bonds is 4. The lowest BCUT2D eigenvalue weighted by Gasteiger charge is -2.36. The Morgan fingerprint density at radius 3 is 2.17 bits per heavy atom. The van der Waals surface area contributed by atoms with Crippen LogP contribution in [0.1, 0.15) is 6.42 Å². The van der Waals surface area contributed by atoms with Gasteiger partial charge in [-0.3, -0.25) is 19.7 Å². The van der Waals surface area contributed by atoms with Crippen LogP contribution in [0.3, 0.4) is 0 Å². The predicted octanol–water partition coefficient (Wildman–Crippen LogP) is 0.964. The van der Waals surface area contributed by atoms with Crippen molar-refractivity contribution >= 4 is 23.3 Å². The molecule has 3 rings (SSSR count). The normalized spacial score (nSPS) is 23.5. The van der Waals surface area contributed by atoms with Crippen molar-refractivity contribution < 1.29 is 19.6 Å². The van der Waals surface area contributed by atoms with Crippen LogP contribution in [-0.4, -0.2) is 53.0 Å². The lowest BCUT2D eigenvalue weighted by atomic mass is 10.2. The summed E-state index contributed by atoms with van der Waals surface area (Å²) in [6.45, 7) is 2.35. The summed E-state index contributed by atoms with van der Waals surface area (Å²) < 4.78 is 0. The van der Waals surface area contributed by atoms with Crippen molar-refractivity contribution in [2.24, 2.45) is 11.8 Å². The van der Waals surface area contributed by atoms with Crippen LogP contribution in [0.15, 0.2) is 24.3 Å². The van der Waals surface area contributed by atoms with Crippen molar-refractivity contribution in [3.8, 4) is 0 Å². The standard InChI is InChI=1S/C15H17N3O5/c19-14(12-9-13(12)15(20)21)17-7-5-16(6-8-17)10-1-3-11(4-2-10)18(22)23/h1-4,12-13H,5-9H2,(H,20,21). The zero-order chi connectivity index (χ0) is 16.6. The molecule has 1 aromatic carbocycles. The highest BCUT2D eigenvalue weighted by Crippen LogP contribution is 2.40. The van der Waals surface area contributed by atoms with Gasteiger partial charge in [0, 0.05) is 44.0 Å². The molecular weight excluding hydrogens is 302 g/mol. The highest BCUT2D eigenvalue weighted by molar-refractivity contribution is 5.89. The summed E-state index contributed by atoms with van der Waals surface area (Å²) in [5.41, 5.74) is 0.938. The summed E-state index contributed by atoms with van der Waals surface area (Å²) in [4.78, 5) is 37.1. The van der Waals surface area contributed by atoms with Crippen LogP contribution in [0, 0.1) is 22.0 Å². The van der Waals surface area contributed by atoms with Crippen LogP contribution < -0.4 is 4.90 Å². The number of aliphatic carboxylic acids is 1. The fourth-order valence-electron chi connectivity index (χ4n) is 2.95. The van der Waals surface area contributed by atoms with E-state index < -0.39 is 16.8 Å². The third-order valence-corrected chi connectivity index (χ3v) is 4.44. The topological polar surface area (TPSA) is 104 Å². The summed E-state index contributed by atoms with van der Waals surface area (Å²) in [5.74, 6) is -1.85. The quantitative estimate of drug-likeness (QED) is 0.655. The molecule has 1 aromatic rings. The summed E-state index contributed by atoms with van der Waals surface area (Å²) >= 11 is 0. The van der Waals surface area contributed by atoms with E-state index in [0.29, 0.717) is 32.6 Å². The van der Waals surface area contributed by atoms with Crippen LogP contribution >= 0.6 is 0 Å². The van der Waals surface area contributed by atoms with Crippen molar-refractivity contribution in [2.75, 3.05) is 31.1 Å². The molecule has 1 aliphatic heterocycles. The Balaban J connectivity index is 1.55. The van der Waals surface area contributed by atoms with E-state index in [1.165, 1.54) is 12.1 Å². The van der Waals surface area contributed by atoms with Crippen molar-refractivity contribution in [3.63, 3.8) is 0 Å². The molecule has 1 heterocycles. The largest absolute Gasteiger partial charge is 0.481 e. The molecule has 0 radical (unpaired) electrons. The third kappa shape index (κ3) is 3.10. The first kappa shape index (κ1) is 15.3. The molecule has 1 amide bonds. The number of nitro benzene ring substituents is 1. The molecule has 2 atom stereocenters.